The van der Waals surface area contributed by atoms with Crippen molar-refractivity contribution in [1.82, 2.24) is 0 Å². The molecule has 0 spiro atoms. The number of carbonyl (C=O) groups is 1. The Morgan fingerprint density at radius 2 is 1.59 bits per heavy atom. The number of rotatable bonds is 6. The third-order valence-electron chi connectivity index (χ3n) is 4.87. The highest BCUT2D eigenvalue weighted by molar-refractivity contribution is 7.53. The second-order valence-electron chi connectivity index (χ2n) is 9.15. The van der Waals surface area contributed by atoms with E-state index in [1.165, 1.54) is 0 Å². The molecule has 2 nitrogen and oxygen atoms in total. The Hall–Kier alpha value is -1.66. The summed E-state index contributed by atoms with van der Waals surface area (Å²) in [5.41, 5.74) is 4.66. The third-order valence-corrected chi connectivity index (χ3v) is 6.98. The molecule has 3 heteroatoms. The fourth-order valence-corrected chi connectivity index (χ4v) is 5.92. The van der Waals surface area contributed by atoms with Crippen LogP contribution in [0.15, 0.2) is 36.4 Å². The molecule has 0 aliphatic heterocycles. The first-order valence-electron chi connectivity index (χ1n) is 9.74. The van der Waals surface area contributed by atoms with Crippen LogP contribution in [0.2, 0.25) is 0 Å². The predicted octanol–water partition coefficient (Wildman–Crippen LogP) is 6.10. The van der Waals surface area contributed by atoms with Crippen LogP contribution in [0.3, 0.4) is 0 Å². The molecule has 0 amide bonds. The minimum absolute atomic E-state index is 0.0116. The summed E-state index contributed by atoms with van der Waals surface area (Å²) in [6.45, 7) is 14.8. The second-order valence-corrected chi connectivity index (χ2v) is 10.9. The van der Waals surface area contributed by atoms with Crippen LogP contribution in [-0.4, -0.2) is 11.9 Å². The average Bonchev–Trinajstić information content (AvgIpc) is 2.51. The molecule has 0 heterocycles. The molecule has 146 valence electrons. The van der Waals surface area contributed by atoms with Crippen molar-refractivity contribution >= 4 is 18.9 Å². The van der Waals surface area contributed by atoms with Gasteiger partial charge in [-0.2, -0.15) is 0 Å². The van der Waals surface area contributed by atoms with Crippen molar-refractivity contribution in [3.8, 4) is 0 Å². The van der Waals surface area contributed by atoms with Gasteiger partial charge in [0.2, 0.25) is 0 Å². The summed E-state index contributed by atoms with van der Waals surface area (Å²) in [6.07, 6.45) is 1.67. The van der Waals surface area contributed by atoms with Crippen LogP contribution in [0, 0.1) is 32.1 Å². The molecule has 0 aliphatic rings. The van der Waals surface area contributed by atoms with Gasteiger partial charge in [-0.05, 0) is 49.7 Å². The van der Waals surface area contributed by atoms with Gasteiger partial charge in [0.25, 0.3) is 0 Å². The second kappa shape index (κ2) is 8.57. The fraction of sp³-hybridized carbons (Fsp3) is 0.458. The molecule has 0 bridgehead atoms. The minimum Gasteiger partial charge on any atom is -0.322 e. The minimum atomic E-state index is -2.02. The molecule has 27 heavy (non-hydrogen) atoms. The number of ketones is 1. The summed E-state index contributed by atoms with van der Waals surface area (Å²) in [6, 6.07) is 11.5. The molecule has 0 aromatic heterocycles. The van der Waals surface area contributed by atoms with E-state index in [9.17, 15) is 9.36 Å². The largest absolute Gasteiger partial charge is 0.322 e. The normalized spacial score (nSPS) is 14.0. The molecule has 2 aromatic rings. The summed E-state index contributed by atoms with van der Waals surface area (Å²) in [7, 11) is -2.02. The quantitative estimate of drug-likeness (QED) is 0.445. The van der Waals surface area contributed by atoms with Crippen LogP contribution < -0.4 is 5.30 Å². The number of aryl methyl sites for hydroxylation is 3. The molecular formula is C24H33O2P. The van der Waals surface area contributed by atoms with Gasteiger partial charge in [-0.25, -0.2) is 0 Å². The number of hydrogen-bond acceptors (Lipinski definition) is 2. The van der Waals surface area contributed by atoms with Crippen molar-refractivity contribution in [1.29, 1.82) is 0 Å². The third kappa shape index (κ3) is 5.66. The standard InChI is InChI=1S/C24H33O2P/c1-16-12-18(3)22(19(4)13-16)23(25)20-10-8-9-11-21(20)27(26)15-17(2)14-24(5,6)7/h8-13,17,27H,14-15H2,1-7H3. The highest BCUT2D eigenvalue weighted by atomic mass is 31.1. The fourth-order valence-electron chi connectivity index (χ4n) is 4.14. The van der Waals surface area contributed by atoms with Crippen LogP contribution in [0.5, 0.6) is 0 Å². The zero-order chi connectivity index (χ0) is 20.4. The van der Waals surface area contributed by atoms with Crippen LogP contribution in [0.1, 0.15) is 66.7 Å². The van der Waals surface area contributed by atoms with E-state index in [2.05, 4.69) is 27.7 Å². The highest BCUT2D eigenvalue weighted by Crippen LogP contribution is 2.32. The zero-order valence-electron chi connectivity index (χ0n) is 17.8. The monoisotopic (exact) mass is 384 g/mol. The lowest BCUT2D eigenvalue weighted by molar-refractivity contribution is 0.103. The average molecular weight is 385 g/mol. The van der Waals surface area contributed by atoms with E-state index in [1.807, 2.05) is 57.2 Å². The van der Waals surface area contributed by atoms with Crippen molar-refractivity contribution in [2.45, 2.75) is 54.9 Å². The van der Waals surface area contributed by atoms with E-state index < -0.39 is 7.80 Å². The predicted molar refractivity (Wildman–Crippen MR) is 117 cm³/mol. The smallest absolute Gasteiger partial charge is 0.194 e. The molecule has 0 aliphatic carbocycles. The van der Waals surface area contributed by atoms with E-state index in [0.29, 0.717) is 17.6 Å². The van der Waals surface area contributed by atoms with E-state index in [1.54, 1.807) is 0 Å². The van der Waals surface area contributed by atoms with E-state index in [-0.39, 0.29) is 11.2 Å². The van der Waals surface area contributed by atoms with Gasteiger partial charge in [-0.1, -0.05) is 69.7 Å². The Bertz CT molecular complexity index is 836. The van der Waals surface area contributed by atoms with Gasteiger partial charge in [0.15, 0.2) is 5.78 Å². The van der Waals surface area contributed by atoms with Gasteiger partial charge in [0.1, 0.15) is 7.80 Å². The zero-order valence-corrected chi connectivity index (χ0v) is 18.8. The lowest BCUT2D eigenvalue weighted by Gasteiger charge is -2.23. The van der Waals surface area contributed by atoms with Crippen molar-refractivity contribution in [3.05, 3.63) is 64.2 Å². The van der Waals surface area contributed by atoms with Crippen LogP contribution in [0.25, 0.3) is 0 Å². The molecule has 0 N–H and O–H groups in total. The maximum atomic E-state index is 13.3. The molecule has 2 unspecified atom stereocenters. The maximum Gasteiger partial charge on any atom is 0.194 e. The van der Waals surface area contributed by atoms with E-state index in [4.69, 9.17) is 0 Å². The molecule has 0 fully saturated rings. The number of hydrogen-bond donors (Lipinski definition) is 0. The summed E-state index contributed by atoms with van der Waals surface area (Å²) < 4.78 is 13.2. The first kappa shape index (κ1) is 21.6. The first-order chi connectivity index (χ1) is 12.5. The lowest BCUT2D eigenvalue weighted by atomic mass is 9.86. The van der Waals surface area contributed by atoms with Crippen molar-refractivity contribution in [2.24, 2.45) is 11.3 Å². The molecule has 2 aromatic carbocycles. The summed E-state index contributed by atoms with van der Waals surface area (Å²) >= 11 is 0. The van der Waals surface area contributed by atoms with Crippen LogP contribution in [0.4, 0.5) is 0 Å². The highest BCUT2D eigenvalue weighted by Gasteiger charge is 2.22. The molecular weight excluding hydrogens is 351 g/mol. The van der Waals surface area contributed by atoms with Gasteiger partial charge < -0.3 is 4.57 Å². The summed E-state index contributed by atoms with van der Waals surface area (Å²) in [5, 5.41) is 0.729. The summed E-state index contributed by atoms with van der Waals surface area (Å²) in [4.78, 5) is 13.3. The van der Waals surface area contributed by atoms with Crippen LogP contribution in [-0.2, 0) is 4.57 Å². The van der Waals surface area contributed by atoms with Gasteiger partial charge >= 0.3 is 0 Å². The Labute approximate surface area is 165 Å². The van der Waals surface area contributed by atoms with Gasteiger partial charge in [-0.3, -0.25) is 4.79 Å². The van der Waals surface area contributed by atoms with E-state index >= 15 is 0 Å². The topological polar surface area (TPSA) is 34.1 Å². The maximum absolute atomic E-state index is 13.3. The Morgan fingerprint density at radius 3 is 2.15 bits per heavy atom. The van der Waals surface area contributed by atoms with Gasteiger partial charge in [0.05, 0.1) is 0 Å². The Balaban J connectivity index is 2.36. The summed E-state index contributed by atoms with van der Waals surface area (Å²) in [5.74, 6) is 0.352. The Kier molecular flexibility index (Phi) is 6.87. The van der Waals surface area contributed by atoms with Crippen LogP contribution >= 0.6 is 7.80 Å². The lowest BCUT2D eigenvalue weighted by Crippen LogP contribution is -2.18. The Morgan fingerprint density at radius 1 is 1.04 bits per heavy atom. The number of carbonyl (C=O) groups excluding carboxylic acids is 1. The van der Waals surface area contributed by atoms with Gasteiger partial charge in [-0.15, -0.1) is 0 Å². The number of benzene rings is 2. The first-order valence-corrected chi connectivity index (χ1v) is 11.4. The molecule has 0 saturated heterocycles. The van der Waals surface area contributed by atoms with Crippen molar-refractivity contribution < 1.29 is 9.36 Å². The van der Waals surface area contributed by atoms with Gasteiger partial charge in [0, 0.05) is 22.6 Å². The SMILES string of the molecule is Cc1cc(C)c(C(=O)c2ccccc2[PH](=O)CC(C)CC(C)(C)C)c(C)c1. The molecule has 0 saturated carbocycles. The van der Waals surface area contributed by atoms with E-state index in [0.717, 1.165) is 34.0 Å². The van der Waals surface area contributed by atoms with Crippen molar-refractivity contribution in [3.63, 3.8) is 0 Å². The van der Waals surface area contributed by atoms with Crippen molar-refractivity contribution in [2.75, 3.05) is 6.16 Å². The molecule has 2 atom stereocenters. The molecule has 0 radical (unpaired) electrons. The molecule has 2 rings (SSSR count).